The van der Waals surface area contributed by atoms with Gasteiger partial charge in [0.2, 0.25) is 0 Å². The number of nitrogens with zero attached hydrogens (tertiary/aromatic N) is 1. The first-order valence-corrected chi connectivity index (χ1v) is 17.6. The Balaban J connectivity index is 1.34. The van der Waals surface area contributed by atoms with E-state index in [9.17, 15) is 0 Å². The van der Waals surface area contributed by atoms with Gasteiger partial charge in [0, 0.05) is 16.5 Å². The monoisotopic (exact) mass is 649 g/mol. The summed E-state index contributed by atoms with van der Waals surface area (Å²) >= 11 is 0. The van der Waals surface area contributed by atoms with E-state index in [1.165, 1.54) is 60.6 Å². The van der Waals surface area contributed by atoms with Crippen LogP contribution in [0.2, 0.25) is 0 Å². The number of para-hydroxylation sites is 4. The molecular formula is C48H32BNO. The third kappa shape index (κ3) is 4.89. The van der Waals surface area contributed by atoms with Crippen molar-refractivity contribution in [3.8, 4) is 50.6 Å². The Kier molecular flexibility index (Phi) is 6.95. The summed E-state index contributed by atoms with van der Waals surface area (Å²) in [5.41, 5.74) is 14.2. The van der Waals surface area contributed by atoms with E-state index < -0.39 is 0 Å². The van der Waals surface area contributed by atoms with Crippen molar-refractivity contribution in [2.24, 2.45) is 0 Å². The molecule has 51 heavy (non-hydrogen) atoms. The van der Waals surface area contributed by atoms with Gasteiger partial charge in [-0.3, -0.25) is 0 Å². The van der Waals surface area contributed by atoms with Gasteiger partial charge in [0.05, 0.1) is 11.0 Å². The van der Waals surface area contributed by atoms with Crippen LogP contribution in [0.5, 0.6) is 11.5 Å². The van der Waals surface area contributed by atoms with Gasteiger partial charge in [-0.1, -0.05) is 146 Å². The van der Waals surface area contributed by atoms with Gasteiger partial charge in [-0.25, -0.2) is 0 Å². The maximum Gasteiger partial charge on any atom is 0.254 e. The van der Waals surface area contributed by atoms with Crippen molar-refractivity contribution < 1.29 is 4.74 Å². The summed E-state index contributed by atoms with van der Waals surface area (Å²) in [5.74, 6) is 1.79. The van der Waals surface area contributed by atoms with E-state index in [1.807, 2.05) is 0 Å². The van der Waals surface area contributed by atoms with E-state index in [0.29, 0.717) is 0 Å². The lowest BCUT2D eigenvalue weighted by atomic mass is 9.34. The predicted octanol–water partition coefficient (Wildman–Crippen LogP) is 10.4. The summed E-state index contributed by atoms with van der Waals surface area (Å²) in [6.07, 6.45) is 0. The molecule has 3 heteroatoms. The summed E-state index contributed by atoms with van der Waals surface area (Å²) in [7, 11) is 0. The number of hydrogen-bond acceptors (Lipinski definition) is 1. The SMILES string of the molecule is c1ccc(-c2cc(-c3ccccc3)cc(-c3cccc(-n4c5ccccc5c5ccccc54)c3B3c4ccccc4Oc4ccccc43)c2)cc1. The van der Waals surface area contributed by atoms with Crippen LogP contribution in [0.15, 0.2) is 194 Å². The second-order valence-electron chi connectivity index (χ2n) is 13.2. The molecule has 0 atom stereocenters. The molecule has 0 bridgehead atoms. The molecule has 2 nitrogen and oxygen atoms in total. The Hall–Kier alpha value is -6.58. The average Bonchev–Trinajstić information content (AvgIpc) is 3.54. The van der Waals surface area contributed by atoms with Crippen molar-refractivity contribution in [2.45, 2.75) is 0 Å². The van der Waals surface area contributed by atoms with Gasteiger partial charge in [0.1, 0.15) is 11.5 Å². The molecule has 238 valence electrons. The number of fused-ring (bicyclic) bond motifs is 5. The van der Waals surface area contributed by atoms with Crippen LogP contribution in [0.1, 0.15) is 0 Å². The normalized spacial score (nSPS) is 12.0. The quantitative estimate of drug-likeness (QED) is 0.169. The van der Waals surface area contributed by atoms with Gasteiger partial charge in [-0.05, 0) is 98.3 Å². The highest BCUT2D eigenvalue weighted by Crippen LogP contribution is 2.37. The molecule has 0 aliphatic carbocycles. The fraction of sp³-hybridized carbons (Fsp3) is 0. The van der Waals surface area contributed by atoms with Crippen LogP contribution in [0.3, 0.4) is 0 Å². The van der Waals surface area contributed by atoms with Crippen molar-refractivity contribution in [1.82, 2.24) is 4.57 Å². The highest BCUT2D eigenvalue weighted by atomic mass is 16.5. The van der Waals surface area contributed by atoms with Crippen molar-refractivity contribution in [2.75, 3.05) is 0 Å². The Labute approximate surface area is 297 Å². The topological polar surface area (TPSA) is 14.2 Å². The van der Waals surface area contributed by atoms with Crippen molar-refractivity contribution in [3.63, 3.8) is 0 Å². The first kappa shape index (κ1) is 29.4. The smallest absolute Gasteiger partial charge is 0.254 e. The fourth-order valence-electron chi connectivity index (χ4n) is 8.08. The molecule has 0 fully saturated rings. The largest absolute Gasteiger partial charge is 0.458 e. The van der Waals surface area contributed by atoms with Crippen molar-refractivity contribution in [3.05, 3.63) is 194 Å². The first-order chi connectivity index (χ1) is 25.3. The molecule has 0 unspecified atom stereocenters. The number of hydrogen-bond donors (Lipinski definition) is 0. The molecule has 0 N–H and O–H groups in total. The third-order valence-electron chi connectivity index (χ3n) is 10.3. The lowest BCUT2D eigenvalue weighted by Crippen LogP contribution is -2.56. The van der Waals surface area contributed by atoms with Gasteiger partial charge in [-0.2, -0.15) is 0 Å². The summed E-state index contributed by atoms with van der Waals surface area (Å²) < 4.78 is 9.07. The minimum atomic E-state index is -0.0853. The molecule has 8 aromatic carbocycles. The van der Waals surface area contributed by atoms with E-state index in [-0.39, 0.29) is 6.71 Å². The highest BCUT2D eigenvalue weighted by molar-refractivity contribution is 6.98. The lowest BCUT2D eigenvalue weighted by molar-refractivity contribution is 0.487. The van der Waals surface area contributed by atoms with Crippen LogP contribution in [0, 0.1) is 0 Å². The van der Waals surface area contributed by atoms with Crippen LogP contribution < -0.4 is 21.1 Å². The van der Waals surface area contributed by atoms with Gasteiger partial charge in [0.25, 0.3) is 6.71 Å². The molecule has 2 heterocycles. The van der Waals surface area contributed by atoms with Crippen molar-refractivity contribution in [1.29, 1.82) is 0 Å². The average molecular weight is 650 g/mol. The fourth-order valence-corrected chi connectivity index (χ4v) is 8.08. The Morgan fingerprint density at radius 1 is 0.373 bits per heavy atom. The van der Waals surface area contributed by atoms with Gasteiger partial charge < -0.3 is 9.30 Å². The molecule has 9 aromatic rings. The maximum atomic E-state index is 6.59. The van der Waals surface area contributed by atoms with Crippen LogP contribution in [0.4, 0.5) is 0 Å². The predicted molar refractivity (Wildman–Crippen MR) is 215 cm³/mol. The summed E-state index contributed by atoms with van der Waals surface area (Å²) in [5, 5.41) is 2.49. The Morgan fingerprint density at radius 2 is 0.843 bits per heavy atom. The zero-order valence-electron chi connectivity index (χ0n) is 27.9. The zero-order chi connectivity index (χ0) is 33.7. The van der Waals surface area contributed by atoms with Gasteiger partial charge >= 0.3 is 0 Å². The molecule has 0 spiro atoms. The standard InChI is InChI=1S/C48H32BNO/c1-3-16-33(17-4-1)35-30-36(34-18-5-2-6-19-34)32-37(31-35)38-22-15-27-45(50-43-25-11-7-20-39(43)40-21-8-12-26-44(40)50)48(38)49-41-23-9-13-28-46(41)51-47-29-14-10-24-42(47)49/h1-32H. The zero-order valence-corrected chi connectivity index (χ0v) is 27.9. The summed E-state index contributed by atoms with van der Waals surface area (Å²) in [6.45, 7) is -0.0853. The van der Waals surface area contributed by atoms with E-state index in [2.05, 4.69) is 199 Å². The highest BCUT2D eigenvalue weighted by Gasteiger charge is 2.36. The van der Waals surface area contributed by atoms with Crippen LogP contribution in [-0.4, -0.2) is 11.3 Å². The molecule has 0 saturated heterocycles. The Bertz CT molecular complexity index is 2570. The number of ether oxygens (including phenoxy) is 1. The number of aromatic nitrogens is 1. The second kappa shape index (κ2) is 12.1. The number of benzene rings is 8. The summed E-state index contributed by atoms with van der Waals surface area (Å²) in [4.78, 5) is 0. The van der Waals surface area contributed by atoms with Gasteiger partial charge in [0.15, 0.2) is 0 Å². The molecular weight excluding hydrogens is 617 g/mol. The molecule has 1 aliphatic rings. The second-order valence-corrected chi connectivity index (χ2v) is 13.2. The Morgan fingerprint density at radius 3 is 1.41 bits per heavy atom. The molecule has 1 aliphatic heterocycles. The van der Waals surface area contributed by atoms with Crippen LogP contribution in [-0.2, 0) is 0 Å². The van der Waals surface area contributed by atoms with Gasteiger partial charge in [-0.15, -0.1) is 0 Å². The van der Waals surface area contributed by atoms with Crippen LogP contribution >= 0.6 is 0 Å². The minimum absolute atomic E-state index is 0.0853. The third-order valence-corrected chi connectivity index (χ3v) is 10.3. The molecule has 10 rings (SSSR count). The first-order valence-electron chi connectivity index (χ1n) is 17.6. The van der Waals surface area contributed by atoms with Crippen molar-refractivity contribution >= 4 is 44.9 Å². The van der Waals surface area contributed by atoms with Crippen LogP contribution in [0.25, 0.3) is 60.9 Å². The molecule has 0 radical (unpaired) electrons. The molecule has 0 amide bonds. The lowest BCUT2D eigenvalue weighted by Gasteiger charge is -2.30. The summed E-state index contributed by atoms with van der Waals surface area (Å²) in [6, 6.07) is 70.0. The molecule has 0 saturated carbocycles. The van der Waals surface area contributed by atoms with E-state index in [0.717, 1.165) is 28.1 Å². The minimum Gasteiger partial charge on any atom is -0.458 e. The molecule has 1 aromatic heterocycles. The maximum absolute atomic E-state index is 6.59. The number of rotatable bonds is 5. The van der Waals surface area contributed by atoms with E-state index in [1.54, 1.807) is 0 Å². The van der Waals surface area contributed by atoms with E-state index >= 15 is 0 Å². The van der Waals surface area contributed by atoms with E-state index in [4.69, 9.17) is 4.74 Å².